The van der Waals surface area contributed by atoms with Crippen molar-refractivity contribution >= 4 is 5.78 Å². The second-order valence-corrected chi connectivity index (χ2v) is 4.88. The minimum atomic E-state index is -4.81. The maximum atomic E-state index is 12.3. The van der Waals surface area contributed by atoms with Crippen molar-refractivity contribution < 1.29 is 27.4 Å². The zero-order chi connectivity index (χ0) is 14.8. The molecule has 1 saturated carbocycles. The Labute approximate surface area is 114 Å². The number of ether oxygens (including phenoxy) is 2. The van der Waals surface area contributed by atoms with E-state index in [0.717, 1.165) is 25.3 Å². The quantitative estimate of drug-likeness (QED) is 0.774. The van der Waals surface area contributed by atoms with Crippen molar-refractivity contribution in [3.05, 3.63) is 29.8 Å². The first-order valence-electron chi connectivity index (χ1n) is 6.28. The number of hydrogen-bond donors (Lipinski definition) is 0. The van der Waals surface area contributed by atoms with Gasteiger partial charge in [-0.05, 0) is 31.4 Å². The fourth-order valence-corrected chi connectivity index (χ4v) is 2.32. The molecule has 3 nitrogen and oxygen atoms in total. The fourth-order valence-electron chi connectivity index (χ4n) is 2.32. The minimum absolute atomic E-state index is 0.0619. The summed E-state index contributed by atoms with van der Waals surface area (Å²) < 4.78 is 46.1. The van der Waals surface area contributed by atoms with Crippen LogP contribution < -0.4 is 4.74 Å². The van der Waals surface area contributed by atoms with E-state index in [9.17, 15) is 18.0 Å². The number of benzene rings is 1. The Balaban J connectivity index is 2.17. The van der Waals surface area contributed by atoms with Gasteiger partial charge < -0.3 is 9.47 Å². The van der Waals surface area contributed by atoms with Crippen molar-refractivity contribution in [1.29, 1.82) is 0 Å². The van der Waals surface area contributed by atoms with Crippen molar-refractivity contribution in [3.8, 4) is 5.75 Å². The van der Waals surface area contributed by atoms with Crippen LogP contribution in [0.1, 0.15) is 36.0 Å². The molecule has 0 spiro atoms. The molecule has 110 valence electrons. The normalized spacial score (nSPS) is 17.4. The van der Waals surface area contributed by atoms with Crippen LogP contribution in [-0.2, 0) is 4.74 Å². The molecule has 0 atom stereocenters. The lowest BCUT2D eigenvalue weighted by molar-refractivity contribution is -0.274. The Morgan fingerprint density at radius 1 is 1.30 bits per heavy atom. The third kappa shape index (κ3) is 3.30. The summed E-state index contributed by atoms with van der Waals surface area (Å²) >= 11 is 0. The highest BCUT2D eigenvalue weighted by Crippen LogP contribution is 2.39. The Morgan fingerprint density at radius 3 is 2.45 bits per heavy atom. The lowest BCUT2D eigenvalue weighted by Crippen LogP contribution is -2.41. The van der Waals surface area contributed by atoms with Crippen molar-refractivity contribution in [2.45, 2.75) is 37.6 Å². The molecule has 0 unspecified atom stereocenters. The Bertz CT molecular complexity index is 487. The predicted octanol–water partition coefficient (Wildman–Crippen LogP) is 3.73. The highest BCUT2D eigenvalue weighted by atomic mass is 19.4. The van der Waals surface area contributed by atoms with Crippen molar-refractivity contribution in [2.24, 2.45) is 0 Å². The van der Waals surface area contributed by atoms with Gasteiger partial charge in [-0.15, -0.1) is 13.2 Å². The summed E-state index contributed by atoms with van der Waals surface area (Å²) in [5.41, 5.74) is -0.587. The van der Waals surface area contributed by atoms with Crippen molar-refractivity contribution in [2.75, 3.05) is 7.11 Å². The number of halogens is 3. The molecule has 0 heterocycles. The van der Waals surface area contributed by atoms with Gasteiger partial charge in [0.1, 0.15) is 5.75 Å². The highest BCUT2D eigenvalue weighted by molar-refractivity contribution is 5.99. The number of carbonyl (C=O) groups excluding carboxylic acids is 1. The molecule has 0 aliphatic heterocycles. The van der Waals surface area contributed by atoms with Crippen molar-refractivity contribution in [1.82, 2.24) is 0 Å². The van der Waals surface area contributed by atoms with E-state index in [2.05, 4.69) is 4.74 Å². The SMILES string of the molecule is COC1(CC(=O)c2ccccc2OC(F)(F)F)CCC1. The first kappa shape index (κ1) is 14.8. The van der Waals surface area contributed by atoms with Gasteiger partial charge in [-0.3, -0.25) is 4.79 Å². The van der Waals surface area contributed by atoms with E-state index in [0.29, 0.717) is 0 Å². The van der Waals surface area contributed by atoms with Gasteiger partial charge in [0.2, 0.25) is 0 Å². The molecule has 1 aliphatic carbocycles. The number of Topliss-reactive ketones (excluding diaryl/α,β-unsaturated/α-hetero) is 1. The summed E-state index contributed by atoms with van der Waals surface area (Å²) in [5, 5.41) is 0. The molecular weight excluding hydrogens is 273 g/mol. The molecule has 6 heteroatoms. The third-order valence-corrected chi connectivity index (χ3v) is 3.59. The molecule has 2 rings (SSSR count). The Morgan fingerprint density at radius 2 is 1.95 bits per heavy atom. The first-order chi connectivity index (χ1) is 9.35. The van der Waals surface area contributed by atoms with Crippen LogP contribution in [0.5, 0.6) is 5.75 Å². The topological polar surface area (TPSA) is 35.5 Å². The van der Waals surface area contributed by atoms with Gasteiger partial charge in [-0.2, -0.15) is 0 Å². The van der Waals surface area contributed by atoms with Gasteiger partial charge in [0.15, 0.2) is 5.78 Å². The largest absolute Gasteiger partial charge is 0.573 e. The summed E-state index contributed by atoms with van der Waals surface area (Å²) in [6.45, 7) is 0. The molecular formula is C14H15F3O3. The van der Waals surface area contributed by atoms with Crippen LogP contribution in [0.3, 0.4) is 0 Å². The number of hydrogen-bond acceptors (Lipinski definition) is 3. The zero-order valence-corrected chi connectivity index (χ0v) is 11.0. The van der Waals surface area contributed by atoms with Gasteiger partial charge in [0.25, 0.3) is 0 Å². The lowest BCUT2D eigenvalue weighted by atomic mass is 9.75. The van der Waals surface area contributed by atoms with Crippen LogP contribution in [0, 0.1) is 0 Å². The number of para-hydroxylation sites is 1. The monoisotopic (exact) mass is 288 g/mol. The maximum Gasteiger partial charge on any atom is 0.573 e. The Kier molecular flexibility index (Phi) is 4.04. The van der Waals surface area contributed by atoms with E-state index in [1.165, 1.54) is 25.3 Å². The van der Waals surface area contributed by atoms with Crippen LogP contribution in [0.4, 0.5) is 13.2 Å². The van der Waals surface area contributed by atoms with Gasteiger partial charge >= 0.3 is 6.36 Å². The second-order valence-electron chi connectivity index (χ2n) is 4.88. The first-order valence-corrected chi connectivity index (χ1v) is 6.28. The smallest absolute Gasteiger partial charge is 0.405 e. The number of methoxy groups -OCH3 is 1. The van der Waals surface area contributed by atoms with Gasteiger partial charge in [-0.1, -0.05) is 12.1 Å². The Hall–Kier alpha value is -1.56. The van der Waals surface area contributed by atoms with E-state index in [1.807, 2.05) is 0 Å². The molecule has 1 aromatic carbocycles. The molecule has 1 fully saturated rings. The lowest BCUT2D eigenvalue weighted by Gasteiger charge is -2.40. The molecule has 0 aromatic heterocycles. The predicted molar refractivity (Wildman–Crippen MR) is 65.7 cm³/mol. The van der Waals surface area contributed by atoms with Crippen molar-refractivity contribution in [3.63, 3.8) is 0 Å². The number of ketones is 1. The summed E-state index contributed by atoms with van der Waals surface area (Å²) in [4.78, 5) is 12.2. The summed E-state index contributed by atoms with van der Waals surface area (Å²) in [6.07, 6.45) is -2.29. The third-order valence-electron chi connectivity index (χ3n) is 3.59. The molecule has 20 heavy (non-hydrogen) atoms. The standard InChI is InChI=1S/C14H15F3O3/c1-19-13(7-4-8-13)9-11(18)10-5-2-3-6-12(10)20-14(15,16)17/h2-3,5-6H,4,7-9H2,1H3. The van der Waals surface area contributed by atoms with E-state index < -0.39 is 23.5 Å². The maximum absolute atomic E-state index is 12.3. The number of rotatable bonds is 5. The average Bonchev–Trinajstić information content (AvgIpc) is 2.32. The summed E-state index contributed by atoms with van der Waals surface area (Å²) in [6, 6.07) is 5.39. The van der Waals surface area contributed by atoms with Crippen LogP contribution in [0.25, 0.3) is 0 Å². The van der Waals surface area contributed by atoms with Gasteiger partial charge in [0, 0.05) is 13.5 Å². The highest BCUT2D eigenvalue weighted by Gasteiger charge is 2.40. The summed E-state index contributed by atoms with van der Waals surface area (Å²) in [5.74, 6) is -0.859. The molecule has 0 amide bonds. The molecule has 0 radical (unpaired) electrons. The average molecular weight is 288 g/mol. The van der Waals surface area contributed by atoms with E-state index in [-0.39, 0.29) is 12.0 Å². The van der Waals surface area contributed by atoms with E-state index in [1.54, 1.807) is 0 Å². The molecule has 0 saturated heterocycles. The van der Waals surface area contributed by atoms with Crippen LogP contribution in [-0.4, -0.2) is 24.9 Å². The number of carbonyl (C=O) groups is 1. The van der Waals surface area contributed by atoms with Crippen LogP contribution >= 0.6 is 0 Å². The van der Waals surface area contributed by atoms with Gasteiger partial charge in [0.05, 0.1) is 11.2 Å². The van der Waals surface area contributed by atoms with Crippen LogP contribution in [0.15, 0.2) is 24.3 Å². The molecule has 1 aliphatic rings. The van der Waals surface area contributed by atoms with Crippen LogP contribution in [0.2, 0.25) is 0 Å². The molecule has 0 N–H and O–H groups in total. The minimum Gasteiger partial charge on any atom is -0.405 e. The molecule has 1 aromatic rings. The number of alkyl halides is 3. The second kappa shape index (κ2) is 5.44. The fraction of sp³-hybridized carbons (Fsp3) is 0.500. The van der Waals surface area contributed by atoms with E-state index >= 15 is 0 Å². The van der Waals surface area contributed by atoms with E-state index in [4.69, 9.17) is 4.74 Å². The summed E-state index contributed by atoms with van der Waals surface area (Å²) in [7, 11) is 1.52. The van der Waals surface area contributed by atoms with Gasteiger partial charge in [-0.25, -0.2) is 0 Å². The molecule has 0 bridgehead atoms. The zero-order valence-electron chi connectivity index (χ0n) is 11.0.